The summed E-state index contributed by atoms with van der Waals surface area (Å²) in [6.07, 6.45) is -2.32. The van der Waals surface area contributed by atoms with Crippen LogP contribution in [0.15, 0.2) is 83.8 Å². The minimum atomic E-state index is -4.47. The molecule has 3 aromatic carbocycles. The number of hydrogen-bond acceptors (Lipinski definition) is 3. The number of anilines is 2. The van der Waals surface area contributed by atoms with Crippen molar-refractivity contribution in [3.05, 3.63) is 90.0 Å². The molecular weight excluding hydrogens is 451 g/mol. The summed E-state index contributed by atoms with van der Waals surface area (Å²) in [4.78, 5) is 26.5. The van der Waals surface area contributed by atoms with Crippen molar-refractivity contribution in [2.75, 3.05) is 16.9 Å². The van der Waals surface area contributed by atoms with Gasteiger partial charge in [0, 0.05) is 22.7 Å². The van der Waals surface area contributed by atoms with E-state index < -0.39 is 29.7 Å². The second-order valence-corrected chi connectivity index (χ2v) is 8.01. The maximum atomic E-state index is 12.9. The lowest BCUT2D eigenvalue weighted by Crippen LogP contribution is -2.46. The molecule has 0 radical (unpaired) electrons. The third kappa shape index (κ3) is 7.28. The number of urea groups is 1. The molecular formula is C24H22F3N3O2S. The lowest BCUT2D eigenvalue weighted by atomic mass is 10.1. The minimum Gasteiger partial charge on any atom is -0.326 e. The van der Waals surface area contributed by atoms with Crippen LogP contribution < -0.4 is 16.0 Å². The summed E-state index contributed by atoms with van der Waals surface area (Å²) in [5.41, 5.74) is 0.758. The topological polar surface area (TPSA) is 70.2 Å². The van der Waals surface area contributed by atoms with E-state index in [2.05, 4.69) is 16.0 Å². The minimum absolute atomic E-state index is 0.195. The highest BCUT2D eigenvalue weighted by molar-refractivity contribution is 7.98. The van der Waals surface area contributed by atoms with Crippen LogP contribution in [0.1, 0.15) is 11.1 Å². The van der Waals surface area contributed by atoms with Crippen LogP contribution in [0.25, 0.3) is 0 Å². The summed E-state index contributed by atoms with van der Waals surface area (Å²) in [7, 11) is 0. The first-order chi connectivity index (χ1) is 15.7. The first-order valence-corrected chi connectivity index (χ1v) is 11.2. The van der Waals surface area contributed by atoms with Crippen LogP contribution in [0, 0.1) is 0 Å². The van der Waals surface area contributed by atoms with Crippen molar-refractivity contribution < 1.29 is 22.8 Å². The molecule has 3 aromatic rings. The summed E-state index contributed by atoms with van der Waals surface area (Å²) in [5, 5.41) is 7.91. The molecule has 3 amide bonds. The number of hydrogen-bond donors (Lipinski definition) is 3. The zero-order chi connectivity index (χ0) is 23.8. The SMILES string of the molecule is CSc1ccc(NC(=O)NC(Cc2ccccc2)C(=O)Nc2ccc(C(F)(F)F)cc2)cc1. The van der Waals surface area contributed by atoms with E-state index in [4.69, 9.17) is 0 Å². The molecule has 0 aliphatic rings. The van der Waals surface area contributed by atoms with Crippen LogP contribution in [-0.4, -0.2) is 24.2 Å². The first-order valence-electron chi connectivity index (χ1n) is 9.98. The van der Waals surface area contributed by atoms with Gasteiger partial charge in [-0.1, -0.05) is 30.3 Å². The van der Waals surface area contributed by atoms with Crippen LogP contribution in [0.5, 0.6) is 0 Å². The van der Waals surface area contributed by atoms with Gasteiger partial charge < -0.3 is 16.0 Å². The van der Waals surface area contributed by atoms with Gasteiger partial charge in [0.15, 0.2) is 0 Å². The molecule has 0 saturated heterocycles. The summed E-state index contributed by atoms with van der Waals surface area (Å²) in [6, 6.07) is 18.9. The number of thioether (sulfide) groups is 1. The average molecular weight is 474 g/mol. The van der Waals surface area contributed by atoms with Crippen molar-refractivity contribution in [2.24, 2.45) is 0 Å². The molecule has 3 N–H and O–H groups in total. The third-order valence-electron chi connectivity index (χ3n) is 4.73. The van der Waals surface area contributed by atoms with E-state index in [1.807, 2.05) is 48.7 Å². The van der Waals surface area contributed by atoms with E-state index in [1.54, 1.807) is 23.9 Å². The normalized spacial score (nSPS) is 12.0. The Morgan fingerprint density at radius 3 is 2.00 bits per heavy atom. The quantitative estimate of drug-likeness (QED) is 0.380. The van der Waals surface area contributed by atoms with Crippen molar-refractivity contribution >= 4 is 35.1 Å². The van der Waals surface area contributed by atoms with Gasteiger partial charge in [-0.3, -0.25) is 4.79 Å². The van der Waals surface area contributed by atoms with Gasteiger partial charge in [0.25, 0.3) is 0 Å². The van der Waals surface area contributed by atoms with Crippen LogP contribution in [-0.2, 0) is 17.4 Å². The third-order valence-corrected chi connectivity index (χ3v) is 5.48. The smallest absolute Gasteiger partial charge is 0.326 e. The molecule has 1 atom stereocenters. The van der Waals surface area contributed by atoms with Gasteiger partial charge in [0.1, 0.15) is 6.04 Å². The van der Waals surface area contributed by atoms with Crippen molar-refractivity contribution in [3.8, 4) is 0 Å². The average Bonchev–Trinajstić information content (AvgIpc) is 2.79. The highest BCUT2D eigenvalue weighted by Crippen LogP contribution is 2.29. The molecule has 0 heterocycles. The van der Waals surface area contributed by atoms with Crippen LogP contribution >= 0.6 is 11.8 Å². The standard InChI is InChI=1S/C24H22F3N3O2S/c1-33-20-13-11-19(12-14-20)29-23(32)30-21(15-16-5-3-2-4-6-16)22(31)28-18-9-7-17(8-10-18)24(25,26)27/h2-14,21H,15H2,1H3,(H,28,31)(H2,29,30,32). The lowest BCUT2D eigenvalue weighted by Gasteiger charge is -2.19. The van der Waals surface area contributed by atoms with Gasteiger partial charge >= 0.3 is 12.2 Å². The number of carbonyl (C=O) groups excluding carboxylic acids is 2. The van der Waals surface area contributed by atoms with Gasteiger partial charge in [-0.25, -0.2) is 4.79 Å². The Balaban J connectivity index is 1.71. The molecule has 0 aliphatic heterocycles. The van der Waals surface area contributed by atoms with Gasteiger partial charge in [0.2, 0.25) is 5.91 Å². The molecule has 9 heteroatoms. The van der Waals surface area contributed by atoms with E-state index in [0.717, 1.165) is 22.6 Å². The number of halogens is 3. The lowest BCUT2D eigenvalue weighted by molar-refractivity contribution is -0.137. The molecule has 0 bridgehead atoms. The van der Waals surface area contributed by atoms with Gasteiger partial charge in [-0.15, -0.1) is 11.8 Å². The highest BCUT2D eigenvalue weighted by atomic mass is 32.2. The summed E-state index contributed by atoms with van der Waals surface area (Å²) in [6.45, 7) is 0. The Bertz CT molecular complexity index is 1070. The van der Waals surface area contributed by atoms with E-state index in [-0.39, 0.29) is 12.1 Å². The van der Waals surface area contributed by atoms with Crippen molar-refractivity contribution in [1.82, 2.24) is 5.32 Å². The number of alkyl halides is 3. The first kappa shape index (κ1) is 24.2. The molecule has 0 aromatic heterocycles. The molecule has 33 heavy (non-hydrogen) atoms. The number of rotatable bonds is 7. The van der Waals surface area contributed by atoms with Crippen molar-refractivity contribution in [2.45, 2.75) is 23.5 Å². The summed E-state index contributed by atoms with van der Waals surface area (Å²) in [5.74, 6) is -0.550. The molecule has 1 unspecified atom stereocenters. The van der Waals surface area contributed by atoms with Gasteiger partial charge in [0.05, 0.1) is 5.56 Å². The Labute approximate surface area is 193 Å². The molecule has 0 aliphatic carbocycles. The second-order valence-electron chi connectivity index (χ2n) is 7.13. The van der Waals surface area contributed by atoms with Gasteiger partial charge in [-0.2, -0.15) is 13.2 Å². The zero-order valence-corrected chi connectivity index (χ0v) is 18.5. The van der Waals surface area contributed by atoms with E-state index in [0.29, 0.717) is 5.69 Å². The Kier molecular flexibility index (Phi) is 8.00. The molecule has 5 nitrogen and oxygen atoms in total. The zero-order valence-electron chi connectivity index (χ0n) is 17.6. The molecule has 0 spiro atoms. The Morgan fingerprint density at radius 1 is 0.848 bits per heavy atom. The molecule has 172 valence electrons. The largest absolute Gasteiger partial charge is 0.416 e. The fourth-order valence-electron chi connectivity index (χ4n) is 3.03. The summed E-state index contributed by atoms with van der Waals surface area (Å²) < 4.78 is 38.3. The fourth-order valence-corrected chi connectivity index (χ4v) is 3.44. The molecule has 3 rings (SSSR count). The van der Waals surface area contributed by atoms with Gasteiger partial charge in [-0.05, 0) is 60.4 Å². The number of benzene rings is 3. The monoisotopic (exact) mass is 473 g/mol. The fraction of sp³-hybridized carbons (Fsp3) is 0.167. The predicted molar refractivity (Wildman–Crippen MR) is 124 cm³/mol. The number of amides is 3. The Hall–Kier alpha value is -3.46. The number of carbonyl (C=O) groups is 2. The van der Waals surface area contributed by atoms with Crippen LogP contribution in [0.3, 0.4) is 0 Å². The number of nitrogens with one attached hydrogen (secondary N) is 3. The van der Waals surface area contributed by atoms with Crippen molar-refractivity contribution in [3.63, 3.8) is 0 Å². The maximum absolute atomic E-state index is 12.9. The van der Waals surface area contributed by atoms with Crippen molar-refractivity contribution in [1.29, 1.82) is 0 Å². The highest BCUT2D eigenvalue weighted by Gasteiger charge is 2.30. The summed E-state index contributed by atoms with van der Waals surface area (Å²) >= 11 is 1.57. The van der Waals surface area contributed by atoms with E-state index in [9.17, 15) is 22.8 Å². The maximum Gasteiger partial charge on any atom is 0.416 e. The predicted octanol–water partition coefficient (Wildman–Crippen LogP) is 5.80. The molecule has 0 saturated carbocycles. The second kappa shape index (κ2) is 10.9. The van der Waals surface area contributed by atoms with Crippen LogP contribution in [0.4, 0.5) is 29.3 Å². The van der Waals surface area contributed by atoms with E-state index >= 15 is 0 Å². The van der Waals surface area contributed by atoms with Crippen LogP contribution in [0.2, 0.25) is 0 Å². The Morgan fingerprint density at radius 2 is 1.42 bits per heavy atom. The molecule has 0 fully saturated rings. The van der Waals surface area contributed by atoms with E-state index in [1.165, 1.54) is 12.1 Å².